The monoisotopic (exact) mass is 231 g/mol. The first kappa shape index (κ1) is 9.71. The Morgan fingerprint density at radius 2 is 2.17 bits per heavy atom. The second-order valence-electron chi connectivity index (χ2n) is 2.75. The Kier molecular flexibility index (Phi) is 3.72. The molecule has 0 aliphatic carbocycles. The maximum Gasteiger partial charge on any atom is 0.151 e. The third kappa shape index (κ3) is 2.06. The number of hydrogen-bond acceptors (Lipinski definition) is 2. The summed E-state index contributed by atoms with van der Waals surface area (Å²) < 4.78 is 2.84. The third-order valence-corrected chi connectivity index (χ3v) is 2.47. The van der Waals surface area contributed by atoms with Crippen LogP contribution in [0.5, 0.6) is 0 Å². The van der Waals surface area contributed by atoms with Crippen LogP contribution < -0.4 is 0 Å². The van der Waals surface area contributed by atoms with E-state index in [0.29, 0.717) is 0 Å². The average Bonchev–Trinajstić information content (AvgIpc) is 2.43. The molecule has 0 fully saturated rings. The van der Waals surface area contributed by atoms with Crippen LogP contribution in [0, 0.1) is 0 Å². The van der Waals surface area contributed by atoms with E-state index in [2.05, 4.69) is 40.1 Å². The van der Waals surface area contributed by atoms with Crippen molar-refractivity contribution in [1.82, 2.24) is 15.0 Å². The minimum atomic E-state index is 0.900. The molecule has 3 nitrogen and oxygen atoms in total. The Hall–Kier alpha value is -0.380. The molecule has 0 bridgehead atoms. The van der Waals surface area contributed by atoms with E-state index in [4.69, 9.17) is 0 Å². The molecule has 68 valence electrons. The number of aryl methyl sites for hydroxylation is 1. The standard InChI is InChI=1S/C8H14BrN3/c1-3-5-6-7-8(9)10-11-12(7)4-2/h3-6H2,1-2H3. The lowest BCUT2D eigenvalue weighted by Gasteiger charge is -2.01. The van der Waals surface area contributed by atoms with Gasteiger partial charge in [0, 0.05) is 6.54 Å². The fourth-order valence-electron chi connectivity index (χ4n) is 1.14. The topological polar surface area (TPSA) is 30.7 Å². The summed E-state index contributed by atoms with van der Waals surface area (Å²) in [6, 6.07) is 0. The van der Waals surface area contributed by atoms with Crippen molar-refractivity contribution < 1.29 is 0 Å². The van der Waals surface area contributed by atoms with E-state index < -0.39 is 0 Å². The highest BCUT2D eigenvalue weighted by molar-refractivity contribution is 9.10. The molecule has 0 spiro atoms. The number of rotatable bonds is 4. The van der Waals surface area contributed by atoms with Crippen molar-refractivity contribution in [2.24, 2.45) is 0 Å². The normalized spacial score (nSPS) is 10.6. The molecule has 0 aliphatic rings. The summed E-state index contributed by atoms with van der Waals surface area (Å²) in [5.41, 5.74) is 1.22. The minimum absolute atomic E-state index is 0.900. The third-order valence-electron chi connectivity index (χ3n) is 1.86. The first-order chi connectivity index (χ1) is 5.79. The molecule has 0 radical (unpaired) electrons. The Bertz CT molecular complexity index is 244. The van der Waals surface area contributed by atoms with Crippen LogP contribution in [0.3, 0.4) is 0 Å². The minimum Gasteiger partial charge on any atom is -0.248 e. The largest absolute Gasteiger partial charge is 0.248 e. The van der Waals surface area contributed by atoms with Crippen LogP contribution in [-0.2, 0) is 13.0 Å². The summed E-state index contributed by atoms with van der Waals surface area (Å²) >= 11 is 3.39. The zero-order chi connectivity index (χ0) is 8.97. The maximum absolute atomic E-state index is 4.01. The van der Waals surface area contributed by atoms with Crippen molar-refractivity contribution in [3.8, 4) is 0 Å². The van der Waals surface area contributed by atoms with Gasteiger partial charge >= 0.3 is 0 Å². The van der Waals surface area contributed by atoms with Gasteiger partial charge in [0.2, 0.25) is 0 Å². The van der Waals surface area contributed by atoms with Crippen LogP contribution in [0.15, 0.2) is 4.60 Å². The molecule has 12 heavy (non-hydrogen) atoms. The molecule has 1 rings (SSSR count). The molecule has 0 N–H and O–H groups in total. The SMILES string of the molecule is CCCCc1c(Br)nnn1CC. The second-order valence-corrected chi connectivity index (χ2v) is 3.50. The second kappa shape index (κ2) is 4.60. The maximum atomic E-state index is 4.01. The highest BCUT2D eigenvalue weighted by Gasteiger charge is 2.07. The van der Waals surface area contributed by atoms with E-state index in [1.54, 1.807) is 0 Å². The summed E-state index contributed by atoms with van der Waals surface area (Å²) in [5.74, 6) is 0. The molecule has 1 aromatic heterocycles. The molecule has 0 amide bonds. The van der Waals surface area contributed by atoms with Crippen LogP contribution in [-0.4, -0.2) is 15.0 Å². The van der Waals surface area contributed by atoms with Gasteiger partial charge in [0.05, 0.1) is 5.69 Å². The number of nitrogens with zero attached hydrogens (tertiary/aromatic N) is 3. The lowest BCUT2D eigenvalue weighted by atomic mass is 10.2. The molecule has 1 heterocycles. The average molecular weight is 232 g/mol. The van der Waals surface area contributed by atoms with Crippen molar-refractivity contribution in [2.45, 2.75) is 39.7 Å². The van der Waals surface area contributed by atoms with E-state index in [1.165, 1.54) is 18.5 Å². The van der Waals surface area contributed by atoms with Crippen LogP contribution >= 0.6 is 15.9 Å². The zero-order valence-corrected chi connectivity index (χ0v) is 9.13. The molecule has 1 aromatic rings. The van der Waals surface area contributed by atoms with Crippen LogP contribution in [0.2, 0.25) is 0 Å². The van der Waals surface area contributed by atoms with Gasteiger partial charge in [0.25, 0.3) is 0 Å². The molecule has 0 saturated heterocycles. The van der Waals surface area contributed by atoms with Crippen molar-refractivity contribution in [3.05, 3.63) is 10.3 Å². The highest BCUT2D eigenvalue weighted by Crippen LogP contribution is 2.15. The summed E-state index contributed by atoms with van der Waals surface area (Å²) in [5, 5.41) is 7.98. The van der Waals surface area contributed by atoms with Crippen LogP contribution in [0.1, 0.15) is 32.4 Å². The van der Waals surface area contributed by atoms with Crippen molar-refractivity contribution >= 4 is 15.9 Å². The van der Waals surface area contributed by atoms with Crippen molar-refractivity contribution in [3.63, 3.8) is 0 Å². The molecule has 0 aromatic carbocycles. The van der Waals surface area contributed by atoms with Gasteiger partial charge in [0.1, 0.15) is 0 Å². The predicted molar refractivity (Wildman–Crippen MR) is 52.0 cm³/mol. The molecular formula is C8H14BrN3. The Balaban J connectivity index is 2.72. The van der Waals surface area contributed by atoms with Crippen molar-refractivity contribution in [1.29, 1.82) is 0 Å². The molecule has 4 heteroatoms. The Morgan fingerprint density at radius 1 is 1.42 bits per heavy atom. The predicted octanol–water partition coefficient (Wildman–Crippen LogP) is 2.40. The molecule has 0 saturated carbocycles. The summed E-state index contributed by atoms with van der Waals surface area (Å²) in [7, 11) is 0. The van der Waals surface area contributed by atoms with E-state index in [-0.39, 0.29) is 0 Å². The molecule has 0 unspecified atom stereocenters. The molecule has 0 atom stereocenters. The summed E-state index contributed by atoms with van der Waals surface area (Å²) in [6.07, 6.45) is 3.48. The van der Waals surface area contributed by atoms with Gasteiger partial charge in [-0.15, -0.1) is 5.10 Å². The fraction of sp³-hybridized carbons (Fsp3) is 0.750. The molecular weight excluding hydrogens is 218 g/mol. The van der Waals surface area contributed by atoms with E-state index in [1.807, 2.05) is 4.68 Å². The zero-order valence-electron chi connectivity index (χ0n) is 7.55. The lowest BCUT2D eigenvalue weighted by Crippen LogP contribution is -2.02. The van der Waals surface area contributed by atoms with Gasteiger partial charge in [-0.2, -0.15) is 0 Å². The first-order valence-electron chi connectivity index (χ1n) is 4.37. The van der Waals surface area contributed by atoms with Gasteiger partial charge in [-0.25, -0.2) is 4.68 Å². The van der Waals surface area contributed by atoms with Crippen LogP contribution in [0.25, 0.3) is 0 Å². The van der Waals surface area contributed by atoms with Crippen LogP contribution in [0.4, 0.5) is 0 Å². The number of halogens is 1. The highest BCUT2D eigenvalue weighted by atomic mass is 79.9. The van der Waals surface area contributed by atoms with Gasteiger partial charge in [-0.1, -0.05) is 18.6 Å². The number of hydrogen-bond donors (Lipinski definition) is 0. The number of unbranched alkanes of at least 4 members (excludes halogenated alkanes) is 1. The quantitative estimate of drug-likeness (QED) is 0.797. The Morgan fingerprint density at radius 3 is 2.75 bits per heavy atom. The molecule has 0 aliphatic heterocycles. The summed E-state index contributed by atoms with van der Waals surface area (Å²) in [6.45, 7) is 5.17. The fourth-order valence-corrected chi connectivity index (χ4v) is 1.62. The van der Waals surface area contributed by atoms with E-state index in [0.717, 1.165) is 17.6 Å². The van der Waals surface area contributed by atoms with Gasteiger partial charge < -0.3 is 0 Å². The first-order valence-corrected chi connectivity index (χ1v) is 5.16. The van der Waals surface area contributed by atoms with Crippen molar-refractivity contribution in [2.75, 3.05) is 0 Å². The van der Waals surface area contributed by atoms with E-state index >= 15 is 0 Å². The smallest absolute Gasteiger partial charge is 0.151 e. The van der Waals surface area contributed by atoms with Gasteiger partial charge in [0.15, 0.2) is 4.60 Å². The summed E-state index contributed by atoms with van der Waals surface area (Å²) in [4.78, 5) is 0. The van der Waals surface area contributed by atoms with E-state index in [9.17, 15) is 0 Å². The van der Waals surface area contributed by atoms with Gasteiger partial charge in [-0.05, 0) is 35.7 Å². The Labute approximate surface area is 81.3 Å². The number of aromatic nitrogens is 3. The van der Waals surface area contributed by atoms with Gasteiger partial charge in [-0.3, -0.25) is 0 Å². The lowest BCUT2D eigenvalue weighted by molar-refractivity contribution is 0.587.